The van der Waals surface area contributed by atoms with Gasteiger partial charge in [-0.15, -0.1) is 0 Å². The molecule has 0 aromatic carbocycles. The molecule has 0 unspecified atom stereocenters. The summed E-state index contributed by atoms with van der Waals surface area (Å²) >= 11 is 1.35. The molecule has 0 rings (SSSR count). The first-order chi connectivity index (χ1) is 4.66. The Morgan fingerprint density at radius 3 is 2.60 bits per heavy atom. The molecular weight excluding hydrogens is 144 g/mol. The molecule has 0 N–H and O–H groups in total. The first-order valence-electron chi connectivity index (χ1n) is 3.51. The smallest absolute Gasteiger partial charge is 0.211 e. The van der Waals surface area contributed by atoms with Gasteiger partial charge in [0.25, 0.3) is 0 Å². The van der Waals surface area contributed by atoms with Gasteiger partial charge in [-0.25, -0.2) is 0 Å². The monoisotopic (exact) mass is 158 g/mol. The second-order valence-electron chi connectivity index (χ2n) is 2.36. The van der Waals surface area contributed by atoms with Crippen LogP contribution in [0.15, 0.2) is 12.2 Å². The predicted octanol–water partition coefficient (Wildman–Crippen LogP) is 2.48. The average molecular weight is 158 g/mol. The Morgan fingerprint density at radius 1 is 1.60 bits per heavy atom. The molecule has 0 aromatic rings. The standard InChI is InChI=1S/C8H14OS/c1-4-10-8(9)6-5-7(2)3/h5-7H,4H2,1-3H3/b6-5+. The van der Waals surface area contributed by atoms with Gasteiger partial charge in [-0.1, -0.05) is 38.6 Å². The van der Waals surface area contributed by atoms with E-state index in [1.54, 1.807) is 6.08 Å². The highest BCUT2D eigenvalue weighted by atomic mass is 32.2. The predicted molar refractivity (Wildman–Crippen MR) is 47.1 cm³/mol. The molecular formula is C8H14OS. The maximum atomic E-state index is 10.8. The highest BCUT2D eigenvalue weighted by Crippen LogP contribution is 2.03. The van der Waals surface area contributed by atoms with Gasteiger partial charge in [0.15, 0.2) is 0 Å². The topological polar surface area (TPSA) is 17.1 Å². The van der Waals surface area contributed by atoms with Gasteiger partial charge in [-0.2, -0.15) is 0 Å². The van der Waals surface area contributed by atoms with Crippen molar-refractivity contribution in [3.05, 3.63) is 12.2 Å². The molecule has 0 aliphatic heterocycles. The number of allylic oxidation sites excluding steroid dienone is 1. The SMILES string of the molecule is CCSC(=O)/C=C/C(C)C. The third kappa shape index (κ3) is 5.89. The van der Waals surface area contributed by atoms with Crippen molar-refractivity contribution >= 4 is 16.9 Å². The summed E-state index contributed by atoms with van der Waals surface area (Å²) in [5.74, 6) is 1.34. The first-order valence-corrected chi connectivity index (χ1v) is 4.50. The number of carbonyl (C=O) groups is 1. The number of thioether (sulfide) groups is 1. The third-order valence-corrected chi connectivity index (χ3v) is 1.61. The van der Waals surface area contributed by atoms with Crippen LogP contribution in [-0.4, -0.2) is 10.9 Å². The van der Waals surface area contributed by atoms with Gasteiger partial charge >= 0.3 is 0 Å². The first kappa shape index (κ1) is 9.76. The molecule has 0 saturated heterocycles. The molecule has 0 aliphatic carbocycles. The average Bonchev–Trinajstić information content (AvgIpc) is 1.85. The minimum Gasteiger partial charge on any atom is -0.282 e. The Labute approximate surface area is 66.9 Å². The zero-order valence-electron chi connectivity index (χ0n) is 6.76. The summed E-state index contributed by atoms with van der Waals surface area (Å²) in [6.07, 6.45) is 3.57. The molecule has 0 fully saturated rings. The van der Waals surface area contributed by atoms with Gasteiger partial charge in [0, 0.05) is 0 Å². The van der Waals surface area contributed by atoms with Crippen molar-refractivity contribution in [1.29, 1.82) is 0 Å². The van der Waals surface area contributed by atoms with Crippen LogP contribution in [-0.2, 0) is 4.79 Å². The molecule has 0 amide bonds. The van der Waals surface area contributed by atoms with Crippen molar-refractivity contribution in [3.63, 3.8) is 0 Å². The maximum Gasteiger partial charge on any atom is 0.211 e. The summed E-state index contributed by atoms with van der Waals surface area (Å²) in [4.78, 5) is 10.8. The van der Waals surface area contributed by atoms with Crippen LogP contribution in [0.2, 0.25) is 0 Å². The highest BCUT2D eigenvalue weighted by Gasteiger charge is 1.93. The Hall–Kier alpha value is -0.240. The summed E-state index contributed by atoms with van der Waals surface area (Å²) in [5.41, 5.74) is 0. The van der Waals surface area contributed by atoms with E-state index in [0.717, 1.165) is 5.75 Å². The molecule has 0 bridgehead atoms. The number of rotatable bonds is 3. The van der Waals surface area contributed by atoms with Crippen LogP contribution >= 0.6 is 11.8 Å². The fourth-order valence-electron chi connectivity index (χ4n) is 0.461. The van der Waals surface area contributed by atoms with E-state index in [2.05, 4.69) is 13.8 Å². The van der Waals surface area contributed by atoms with Crippen molar-refractivity contribution in [3.8, 4) is 0 Å². The Bertz CT molecular complexity index is 127. The van der Waals surface area contributed by atoms with Crippen molar-refractivity contribution < 1.29 is 4.79 Å². The maximum absolute atomic E-state index is 10.8. The van der Waals surface area contributed by atoms with E-state index in [9.17, 15) is 4.79 Å². The van der Waals surface area contributed by atoms with E-state index in [0.29, 0.717) is 5.92 Å². The number of hydrogen-bond acceptors (Lipinski definition) is 2. The lowest BCUT2D eigenvalue weighted by Gasteiger charge is -1.92. The zero-order valence-corrected chi connectivity index (χ0v) is 7.57. The quantitative estimate of drug-likeness (QED) is 0.587. The van der Waals surface area contributed by atoms with E-state index in [1.807, 2.05) is 13.0 Å². The van der Waals surface area contributed by atoms with Gasteiger partial charge in [-0.3, -0.25) is 4.79 Å². The summed E-state index contributed by atoms with van der Waals surface area (Å²) in [6.45, 7) is 6.09. The fraction of sp³-hybridized carbons (Fsp3) is 0.625. The molecule has 0 atom stereocenters. The lowest BCUT2D eigenvalue weighted by Crippen LogP contribution is -1.86. The van der Waals surface area contributed by atoms with E-state index in [4.69, 9.17) is 0 Å². The Morgan fingerprint density at radius 2 is 2.20 bits per heavy atom. The zero-order chi connectivity index (χ0) is 7.98. The van der Waals surface area contributed by atoms with Crippen LogP contribution in [0.25, 0.3) is 0 Å². The van der Waals surface area contributed by atoms with Crippen LogP contribution in [0, 0.1) is 5.92 Å². The Kier molecular flexibility index (Phi) is 5.40. The molecule has 0 radical (unpaired) electrons. The molecule has 10 heavy (non-hydrogen) atoms. The van der Waals surface area contributed by atoms with Gasteiger partial charge in [0.05, 0.1) is 0 Å². The normalized spacial score (nSPS) is 11.2. The lowest BCUT2D eigenvalue weighted by atomic mass is 10.2. The van der Waals surface area contributed by atoms with Crippen LogP contribution in [0.1, 0.15) is 20.8 Å². The molecule has 0 saturated carbocycles. The highest BCUT2D eigenvalue weighted by molar-refractivity contribution is 8.14. The molecule has 2 heteroatoms. The van der Waals surface area contributed by atoms with Gasteiger partial charge < -0.3 is 0 Å². The second-order valence-corrected chi connectivity index (χ2v) is 3.62. The van der Waals surface area contributed by atoms with Crippen molar-refractivity contribution in [1.82, 2.24) is 0 Å². The van der Waals surface area contributed by atoms with Gasteiger partial charge in [-0.05, 0) is 17.7 Å². The lowest BCUT2D eigenvalue weighted by molar-refractivity contribution is -0.107. The van der Waals surface area contributed by atoms with E-state index < -0.39 is 0 Å². The molecule has 0 heterocycles. The molecule has 0 aliphatic rings. The molecule has 0 spiro atoms. The Balaban J connectivity index is 3.56. The summed E-state index contributed by atoms with van der Waals surface area (Å²) < 4.78 is 0. The minimum absolute atomic E-state index is 0.163. The van der Waals surface area contributed by atoms with Crippen LogP contribution in [0.4, 0.5) is 0 Å². The molecule has 0 aromatic heterocycles. The second kappa shape index (κ2) is 5.54. The van der Waals surface area contributed by atoms with Gasteiger partial charge in [0.1, 0.15) is 0 Å². The van der Waals surface area contributed by atoms with Crippen molar-refractivity contribution in [2.24, 2.45) is 5.92 Å². The van der Waals surface area contributed by atoms with Crippen LogP contribution in [0.5, 0.6) is 0 Å². The molecule has 58 valence electrons. The largest absolute Gasteiger partial charge is 0.282 e. The molecule has 1 nitrogen and oxygen atoms in total. The van der Waals surface area contributed by atoms with E-state index >= 15 is 0 Å². The summed E-state index contributed by atoms with van der Waals surface area (Å²) in [6, 6.07) is 0. The minimum atomic E-state index is 0.163. The number of carbonyl (C=O) groups excluding carboxylic acids is 1. The van der Waals surface area contributed by atoms with Gasteiger partial charge in [0.2, 0.25) is 5.12 Å². The third-order valence-electron chi connectivity index (χ3n) is 0.904. The van der Waals surface area contributed by atoms with Crippen molar-refractivity contribution in [2.45, 2.75) is 20.8 Å². The van der Waals surface area contributed by atoms with E-state index in [-0.39, 0.29) is 5.12 Å². The summed E-state index contributed by atoms with van der Waals surface area (Å²) in [5, 5.41) is 0.163. The fourth-order valence-corrected chi connectivity index (χ4v) is 0.921. The van der Waals surface area contributed by atoms with Crippen molar-refractivity contribution in [2.75, 3.05) is 5.75 Å². The van der Waals surface area contributed by atoms with E-state index in [1.165, 1.54) is 11.8 Å². The van der Waals surface area contributed by atoms with Crippen LogP contribution in [0.3, 0.4) is 0 Å². The summed E-state index contributed by atoms with van der Waals surface area (Å²) in [7, 11) is 0. The number of hydrogen-bond donors (Lipinski definition) is 0. The van der Waals surface area contributed by atoms with Crippen LogP contribution < -0.4 is 0 Å².